The van der Waals surface area contributed by atoms with Crippen LogP contribution in [0.4, 0.5) is 11.5 Å². The summed E-state index contributed by atoms with van der Waals surface area (Å²) >= 11 is 11.7. The van der Waals surface area contributed by atoms with Crippen molar-refractivity contribution in [3.63, 3.8) is 0 Å². The molecular formula is C23H21ClN4O3S. The third-order valence-corrected chi connectivity index (χ3v) is 5.69. The maximum Gasteiger partial charge on any atom is 0.257 e. The van der Waals surface area contributed by atoms with E-state index in [1.54, 1.807) is 32.2 Å². The van der Waals surface area contributed by atoms with Crippen LogP contribution >= 0.6 is 23.8 Å². The number of thiocarbonyl (C=S) groups is 1. The first kappa shape index (κ1) is 21.9. The zero-order valence-electron chi connectivity index (χ0n) is 17.7. The van der Waals surface area contributed by atoms with E-state index in [2.05, 4.69) is 15.8 Å². The number of anilines is 2. The first-order valence-corrected chi connectivity index (χ1v) is 10.6. The number of methoxy groups -OCH3 is 1. The van der Waals surface area contributed by atoms with Gasteiger partial charge in [-0.25, -0.2) is 0 Å². The Labute approximate surface area is 196 Å². The van der Waals surface area contributed by atoms with Crippen molar-refractivity contribution in [3.05, 3.63) is 82.2 Å². The lowest BCUT2D eigenvalue weighted by Gasteiger charge is -2.37. The molecule has 32 heavy (non-hydrogen) atoms. The van der Waals surface area contributed by atoms with Gasteiger partial charge in [0, 0.05) is 22.5 Å². The number of halogens is 1. The van der Waals surface area contributed by atoms with E-state index in [4.69, 9.17) is 33.1 Å². The van der Waals surface area contributed by atoms with Crippen LogP contribution in [0.2, 0.25) is 5.02 Å². The number of carbonyl (C=O) groups excluding carboxylic acids is 1. The number of hydrogen-bond acceptors (Lipinski definition) is 5. The molecule has 164 valence electrons. The molecule has 1 aliphatic heterocycles. The monoisotopic (exact) mass is 468 g/mol. The summed E-state index contributed by atoms with van der Waals surface area (Å²) in [6, 6.07) is 15.9. The van der Waals surface area contributed by atoms with Gasteiger partial charge in [0.2, 0.25) is 0 Å². The Morgan fingerprint density at radius 3 is 2.47 bits per heavy atom. The molecular weight excluding hydrogens is 448 g/mol. The summed E-state index contributed by atoms with van der Waals surface area (Å²) in [4.78, 5) is 15.2. The fraction of sp³-hybridized carbons (Fsp3) is 0.174. The Morgan fingerprint density at radius 1 is 1.19 bits per heavy atom. The molecule has 0 fully saturated rings. The van der Waals surface area contributed by atoms with E-state index in [0.717, 1.165) is 17.0 Å². The number of nitrogens with one attached hydrogen (secondary N) is 2. The van der Waals surface area contributed by atoms with Crippen LogP contribution in [0.25, 0.3) is 0 Å². The van der Waals surface area contributed by atoms with Gasteiger partial charge < -0.3 is 19.9 Å². The van der Waals surface area contributed by atoms with Gasteiger partial charge in [0.15, 0.2) is 10.9 Å². The van der Waals surface area contributed by atoms with E-state index >= 15 is 0 Å². The molecule has 4 rings (SSSR count). The number of hydrogen-bond donors (Lipinski definition) is 2. The molecule has 3 aromatic rings. The highest BCUT2D eigenvalue weighted by Gasteiger charge is 2.35. The predicted molar refractivity (Wildman–Crippen MR) is 128 cm³/mol. The molecule has 2 N–H and O–H groups in total. The number of benzene rings is 2. The third-order valence-electron chi connectivity index (χ3n) is 5.13. The number of ether oxygens (including phenoxy) is 1. The molecule has 7 nitrogen and oxygen atoms in total. The van der Waals surface area contributed by atoms with Crippen LogP contribution in [0.3, 0.4) is 0 Å². The highest BCUT2D eigenvalue weighted by atomic mass is 35.5. The van der Waals surface area contributed by atoms with E-state index in [-0.39, 0.29) is 5.91 Å². The Morgan fingerprint density at radius 2 is 1.88 bits per heavy atom. The SMILES string of the molecule is COc1ccc([C@@H]2NC(=S)N(c3ccc(Cl)cc3)C(C)=C2C(=O)Nc2cc(C)on2)cc1. The molecule has 2 heterocycles. The Hall–Kier alpha value is -3.36. The predicted octanol–water partition coefficient (Wildman–Crippen LogP) is 4.99. The molecule has 0 unspecified atom stereocenters. The van der Waals surface area contributed by atoms with Crippen molar-refractivity contribution in [1.29, 1.82) is 0 Å². The number of rotatable bonds is 5. The Kier molecular flexibility index (Phi) is 6.16. The van der Waals surface area contributed by atoms with E-state index in [0.29, 0.717) is 33.0 Å². The molecule has 1 amide bonds. The molecule has 1 aromatic heterocycles. The van der Waals surface area contributed by atoms with Crippen molar-refractivity contribution < 1.29 is 14.1 Å². The standard InChI is InChI=1S/C23H21ClN4O3S/c1-13-12-19(27-31-13)25-22(29)20-14(2)28(17-8-6-16(24)7-9-17)23(32)26-21(20)15-4-10-18(30-3)11-5-15/h4-12,21H,1-3H3,(H,26,32)(H,25,27,29)/t21-/m0/s1. The van der Waals surface area contributed by atoms with Crippen molar-refractivity contribution in [2.24, 2.45) is 0 Å². The second kappa shape index (κ2) is 9.02. The van der Waals surface area contributed by atoms with Gasteiger partial charge in [-0.1, -0.05) is 28.9 Å². The summed E-state index contributed by atoms with van der Waals surface area (Å²) in [6.45, 7) is 3.62. The van der Waals surface area contributed by atoms with Gasteiger partial charge in [-0.2, -0.15) is 0 Å². The zero-order valence-corrected chi connectivity index (χ0v) is 19.3. The van der Waals surface area contributed by atoms with E-state index in [1.807, 2.05) is 48.2 Å². The summed E-state index contributed by atoms with van der Waals surface area (Å²) in [6.07, 6.45) is 0. The van der Waals surface area contributed by atoms with Crippen LogP contribution in [0.15, 0.2) is 70.4 Å². The van der Waals surface area contributed by atoms with Gasteiger partial charge in [-0.05, 0) is 68.0 Å². The molecule has 0 saturated heterocycles. The second-order valence-electron chi connectivity index (χ2n) is 7.24. The molecule has 0 bridgehead atoms. The highest BCUT2D eigenvalue weighted by Crippen LogP contribution is 2.35. The van der Waals surface area contributed by atoms with Gasteiger partial charge in [-0.3, -0.25) is 9.69 Å². The van der Waals surface area contributed by atoms with Crippen molar-refractivity contribution in [2.45, 2.75) is 19.9 Å². The van der Waals surface area contributed by atoms with Crippen LogP contribution in [0.1, 0.15) is 24.3 Å². The van der Waals surface area contributed by atoms with Crippen molar-refractivity contribution in [1.82, 2.24) is 10.5 Å². The van der Waals surface area contributed by atoms with Gasteiger partial charge in [0.05, 0.1) is 18.7 Å². The first-order chi connectivity index (χ1) is 15.4. The molecule has 0 saturated carbocycles. The second-order valence-corrected chi connectivity index (χ2v) is 8.07. The molecule has 0 radical (unpaired) electrons. The Balaban J connectivity index is 1.79. The minimum absolute atomic E-state index is 0.314. The number of carbonyl (C=O) groups is 1. The number of aromatic nitrogens is 1. The van der Waals surface area contributed by atoms with Crippen LogP contribution < -0.4 is 20.3 Å². The number of nitrogens with zero attached hydrogens (tertiary/aromatic N) is 2. The quantitative estimate of drug-likeness (QED) is 0.510. The molecule has 9 heteroatoms. The molecule has 1 aliphatic rings. The molecule has 0 spiro atoms. The maximum absolute atomic E-state index is 13.4. The first-order valence-electron chi connectivity index (χ1n) is 9.83. The molecule has 0 aliphatic carbocycles. The normalized spacial score (nSPS) is 16.1. The maximum atomic E-state index is 13.4. The Bertz CT molecular complexity index is 1190. The lowest BCUT2D eigenvalue weighted by Crippen LogP contribution is -2.48. The largest absolute Gasteiger partial charge is 0.497 e. The van der Waals surface area contributed by atoms with E-state index in [9.17, 15) is 4.79 Å². The van der Waals surface area contributed by atoms with Gasteiger partial charge >= 0.3 is 0 Å². The minimum Gasteiger partial charge on any atom is -0.497 e. The summed E-state index contributed by atoms with van der Waals surface area (Å²) < 4.78 is 10.3. The van der Waals surface area contributed by atoms with Crippen LogP contribution in [0, 0.1) is 6.92 Å². The summed E-state index contributed by atoms with van der Waals surface area (Å²) in [5.74, 6) is 1.35. The van der Waals surface area contributed by atoms with Gasteiger partial charge in [0.1, 0.15) is 11.5 Å². The summed E-state index contributed by atoms with van der Waals surface area (Å²) in [5.41, 5.74) is 2.85. The average molecular weight is 469 g/mol. The molecule has 1 atom stereocenters. The zero-order chi connectivity index (χ0) is 22.8. The fourth-order valence-electron chi connectivity index (χ4n) is 3.59. The fourth-order valence-corrected chi connectivity index (χ4v) is 4.08. The number of aryl methyl sites for hydroxylation is 1. The number of amides is 1. The van der Waals surface area contributed by atoms with Crippen molar-refractivity contribution >= 4 is 46.3 Å². The molecule has 2 aromatic carbocycles. The minimum atomic E-state index is -0.468. The topological polar surface area (TPSA) is 79.6 Å². The van der Waals surface area contributed by atoms with Gasteiger partial charge in [0.25, 0.3) is 5.91 Å². The van der Waals surface area contributed by atoms with E-state index < -0.39 is 6.04 Å². The van der Waals surface area contributed by atoms with Crippen LogP contribution in [-0.2, 0) is 4.79 Å². The van der Waals surface area contributed by atoms with Gasteiger partial charge in [-0.15, -0.1) is 0 Å². The lowest BCUT2D eigenvalue weighted by atomic mass is 9.94. The number of allylic oxidation sites excluding steroid dienone is 1. The smallest absolute Gasteiger partial charge is 0.257 e. The average Bonchev–Trinajstić information content (AvgIpc) is 3.19. The van der Waals surface area contributed by atoms with E-state index in [1.165, 1.54) is 0 Å². The highest BCUT2D eigenvalue weighted by molar-refractivity contribution is 7.80. The van der Waals surface area contributed by atoms with Crippen LogP contribution in [-0.4, -0.2) is 23.3 Å². The summed E-state index contributed by atoms with van der Waals surface area (Å²) in [7, 11) is 1.61. The van der Waals surface area contributed by atoms with Crippen molar-refractivity contribution in [3.8, 4) is 5.75 Å². The van der Waals surface area contributed by atoms with Crippen LogP contribution in [0.5, 0.6) is 5.75 Å². The lowest BCUT2D eigenvalue weighted by molar-refractivity contribution is -0.113. The summed E-state index contributed by atoms with van der Waals surface area (Å²) in [5, 5.41) is 11.1. The van der Waals surface area contributed by atoms with Crippen molar-refractivity contribution in [2.75, 3.05) is 17.3 Å². The third kappa shape index (κ3) is 4.32.